The van der Waals surface area contributed by atoms with E-state index in [-0.39, 0.29) is 11.7 Å². The third kappa shape index (κ3) is 3.82. The number of anilines is 2. The number of benzene rings is 2. The van der Waals surface area contributed by atoms with E-state index in [9.17, 15) is 9.59 Å². The number of carbonyl (C=O) groups is 2. The number of amides is 1. The highest BCUT2D eigenvalue weighted by molar-refractivity contribution is 6.31. The Hall–Kier alpha value is -2.79. The molecule has 0 radical (unpaired) electrons. The van der Waals surface area contributed by atoms with Gasteiger partial charge in [-0.25, -0.2) is 0 Å². The van der Waals surface area contributed by atoms with E-state index in [1.54, 1.807) is 4.90 Å². The first kappa shape index (κ1) is 20.5. The summed E-state index contributed by atoms with van der Waals surface area (Å²) in [4.78, 5) is 27.2. The van der Waals surface area contributed by atoms with Crippen molar-refractivity contribution < 1.29 is 9.59 Å². The van der Waals surface area contributed by atoms with Gasteiger partial charge < -0.3 is 10.3 Å². The van der Waals surface area contributed by atoms with Crippen LogP contribution in [0.1, 0.15) is 50.7 Å². The molecule has 2 aromatic rings. The quantitative estimate of drug-likeness (QED) is 0.656. The smallest absolute Gasteiger partial charge is 0.237 e. The van der Waals surface area contributed by atoms with Crippen LogP contribution in [-0.4, -0.2) is 11.7 Å². The SMILES string of the molecule is CC1(C)C(=O)N(Cc2ccccc2Cl)c2ccc(NNC3=CCCCCC3=O)cc21. The summed E-state index contributed by atoms with van der Waals surface area (Å²) in [5.74, 6) is 0.173. The molecule has 0 unspecified atom stereocenters. The minimum atomic E-state index is -0.647. The van der Waals surface area contributed by atoms with Crippen LogP contribution in [0.25, 0.3) is 0 Å². The Morgan fingerprint density at radius 2 is 1.87 bits per heavy atom. The van der Waals surface area contributed by atoms with E-state index >= 15 is 0 Å². The first-order valence-electron chi connectivity index (χ1n) is 10.3. The molecule has 0 fully saturated rings. The van der Waals surface area contributed by atoms with Crippen molar-refractivity contribution in [1.29, 1.82) is 0 Å². The van der Waals surface area contributed by atoms with Gasteiger partial charge in [0, 0.05) is 17.1 Å². The number of nitrogens with zero attached hydrogens (tertiary/aromatic N) is 1. The maximum Gasteiger partial charge on any atom is 0.237 e. The molecule has 156 valence electrons. The van der Waals surface area contributed by atoms with Gasteiger partial charge in [-0.05, 0) is 68.5 Å². The number of fused-ring (bicyclic) bond motifs is 1. The Labute approximate surface area is 182 Å². The van der Waals surface area contributed by atoms with Crippen molar-refractivity contribution in [3.8, 4) is 0 Å². The molecule has 0 atom stereocenters. The van der Waals surface area contributed by atoms with Crippen molar-refractivity contribution in [1.82, 2.24) is 5.43 Å². The van der Waals surface area contributed by atoms with Crippen molar-refractivity contribution in [2.24, 2.45) is 0 Å². The lowest BCUT2D eigenvalue weighted by Gasteiger charge is -2.21. The van der Waals surface area contributed by atoms with Crippen molar-refractivity contribution in [2.45, 2.75) is 51.5 Å². The van der Waals surface area contributed by atoms with Crippen molar-refractivity contribution >= 4 is 34.7 Å². The zero-order valence-corrected chi connectivity index (χ0v) is 18.1. The molecule has 2 aliphatic rings. The van der Waals surface area contributed by atoms with E-state index in [1.165, 1.54) is 0 Å². The van der Waals surface area contributed by atoms with Crippen molar-refractivity contribution in [3.05, 3.63) is 70.4 Å². The largest absolute Gasteiger partial charge is 0.307 e. The maximum atomic E-state index is 13.2. The minimum Gasteiger partial charge on any atom is -0.307 e. The van der Waals surface area contributed by atoms with Gasteiger partial charge in [-0.1, -0.05) is 35.9 Å². The Morgan fingerprint density at radius 3 is 2.67 bits per heavy atom. The molecule has 0 saturated heterocycles. The highest BCUT2D eigenvalue weighted by Crippen LogP contribution is 2.43. The van der Waals surface area contributed by atoms with Crippen LogP contribution in [0.5, 0.6) is 0 Å². The van der Waals surface area contributed by atoms with Gasteiger partial charge in [0.05, 0.1) is 23.3 Å². The van der Waals surface area contributed by atoms with E-state index in [2.05, 4.69) is 10.9 Å². The van der Waals surface area contributed by atoms with Crippen LogP contribution in [0.3, 0.4) is 0 Å². The molecule has 2 aromatic carbocycles. The summed E-state index contributed by atoms with van der Waals surface area (Å²) in [7, 11) is 0. The summed E-state index contributed by atoms with van der Waals surface area (Å²) in [5.41, 5.74) is 9.74. The molecule has 1 aliphatic carbocycles. The number of hydrogen-bond donors (Lipinski definition) is 2. The molecular formula is C24H26ClN3O2. The zero-order valence-electron chi connectivity index (χ0n) is 17.3. The van der Waals surface area contributed by atoms with Crippen LogP contribution in [-0.2, 0) is 21.5 Å². The predicted octanol–water partition coefficient (Wildman–Crippen LogP) is 5.11. The normalized spacial score (nSPS) is 18.0. The van der Waals surface area contributed by atoms with Crippen molar-refractivity contribution in [3.63, 3.8) is 0 Å². The van der Waals surface area contributed by atoms with Gasteiger partial charge in [0.1, 0.15) is 0 Å². The highest BCUT2D eigenvalue weighted by Gasteiger charge is 2.44. The number of hydrazine groups is 1. The predicted molar refractivity (Wildman–Crippen MR) is 120 cm³/mol. The number of nitrogens with one attached hydrogen (secondary N) is 2. The standard InChI is InChI=1S/C24H26ClN3O2/c1-24(2)18-14-17(26-27-20-10-4-3-5-11-22(20)29)12-13-21(18)28(23(24)30)15-16-8-6-7-9-19(16)25/h6-10,12-14,26-27H,3-5,11,15H2,1-2H3. The topological polar surface area (TPSA) is 61.4 Å². The molecule has 0 bridgehead atoms. The molecule has 0 aromatic heterocycles. The second-order valence-electron chi connectivity index (χ2n) is 8.38. The van der Waals surface area contributed by atoms with Gasteiger partial charge in [0.2, 0.25) is 5.91 Å². The summed E-state index contributed by atoms with van der Waals surface area (Å²) in [6.45, 7) is 4.31. The molecule has 1 aliphatic heterocycles. The number of ketones is 1. The van der Waals surface area contributed by atoms with E-state index < -0.39 is 5.41 Å². The summed E-state index contributed by atoms with van der Waals surface area (Å²) < 4.78 is 0. The van der Waals surface area contributed by atoms with Crippen LogP contribution in [0, 0.1) is 0 Å². The molecule has 6 heteroatoms. The number of halogens is 1. The lowest BCUT2D eigenvalue weighted by Crippen LogP contribution is -2.35. The lowest BCUT2D eigenvalue weighted by molar-refractivity contribution is -0.122. The summed E-state index contributed by atoms with van der Waals surface area (Å²) in [5, 5.41) is 0.653. The Bertz CT molecular complexity index is 1030. The first-order valence-corrected chi connectivity index (χ1v) is 10.7. The van der Waals surface area contributed by atoms with Crippen LogP contribution in [0.2, 0.25) is 5.02 Å². The molecule has 1 heterocycles. The molecule has 2 N–H and O–H groups in total. The third-order valence-corrected chi connectivity index (χ3v) is 6.24. The molecule has 1 amide bonds. The number of rotatable bonds is 5. The molecule has 4 rings (SSSR count). The molecular weight excluding hydrogens is 398 g/mol. The Morgan fingerprint density at radius 1 is 1.07 bits per heavy atom. The average molecular weight is 424 g/mol. The zero-order chi connectivity index (χ0) is 21.3. The average Bonchev–Trinajstić information content (AvgIpc) is 2.86. The number of hydrogen-bond acceptors (Lipinski definition) is 4. The second-order valence-corrected chi connectivity index (χ2v) is 8.78. The van der Waals surface area contributed by atoms with E-state index in [0.29, 0.717) is 23.7 Å². The Balaban J connectivity index is 1.57. The van der Waals surface area contributed by atoms with Crippen LogP contribution in [0.4, 0.5) is 11.4 Å². The van der Waals surface area contributed by atoms with Gasteiger partial charge in [-0.3, -0.25) is 15.0 Å². The van der Waals surface area contributed by atoms with Crippen molar-refractivity contribution in [2.75, 3.05) is 10.3 Å². The number of Topliss-reactive ketones (excluding diaryl/α,β-unsaturated/α-hetero) is 1. The van der Waals surface area contributed by atoms with Gasteiger partial charge in [-0.15, -0.1) is 0 Å². The Kier molecular flexibility index (Phi) is 5.56. The number of allylic oxidation sites excluding steroid dienone is 2. The lowest BCUT2D eigenvalue weighted by atomic mass is 9.86. The fourth-order valence-electron chi connectivity index (χ4n) is 4.05. The fraction of sp³-hybridized carbons (Fsp3) is 0.333. The fourth-order valence-corrected chi connectivity index (χ4v) is 4.25. The first-order chi connectivity index (χ1) is 14.4. The van der Waals surface area contributed by atoms with E-state index in [4.69, 9.17) is 11.6 Å². The summed E-state index contributed by atoms with van der Waals surface area (Å²) >= 11 is 6.32. The second kappa shape index (κ2) is 8.15. The minimum absolute atomic E-state index is 0.0455. The van der Waals surface area contributed by atoms with Crippen LogP contribution < -0.4 is 15.8 Å². The van der Waals surface area contributed by atoms with Gasteiger partial charge >= 0.3 is 0 Å². The van der Waals surface area contributed by atoms with Gasteiger partial charge in [0.25, 0.3) is 0 Å². The maximum absolute atomic E-state index is 13.2. The third-order valence-electron chi connectivity index (χ3n) is 5.88. The molecule has 0 spiro atoms. The van der Waals surface area contributed by atoms with Gasteiger partial charge in [-0.2, -0.15) is 0 Å². The number of carbonyl (C=O) groups excluding carboxylic acids is 2. The van der Waals surface area contributed by atoms with Crippen LogP contribution >= 0.6 is 11.6 Å². The van der Waals surface area contributed by atoms with E-state index in [0.717, 1.165) is 41.8 Å². The van der Waals surface area contributed by atoms with Gasteiger partial charge in [0.15, 0.2) is 5.78 Å². The molecule has 0 saturated carbocycles. The van der Waals surface area contributed by atoms with E-state index in [1.807, 2.05) is 62.4 Å². The summed E-state index contributed by atoms with van der Waals surface area (Å²) in [6, 6.07) is 13.4. The summed E-state index contributed by atoms with van der Waals surface area (Å²) in [6.07, 6.45) is 5.39. The van der Waals surface area contributed by atoms with Crippen LogP contribution in [0.15, 0.2) is 54.2 Å². The highest BCUT2D eigenvalue weighted by atomic mass is 35.5. The molecule has 30 heavy (non-hydrogen) atoms. The monoisotopic (exact) mass is 423 g/mol. The molecule has 5 nitrogen and oxygen atoms in total.